The van der Waals surface area contributed by atoms with E-state index in [4.69, 9.17) is 18.9 Å². The minimum atomic E-state index is -2.08. The van der Waals surface area contributed by atoms with Gasteiger partial charge in [0.25, 0.3) is 0 Å². The number of esters is 2. The zero-order chi connectivity index (χ0) is 24.0. The molecule has 12 heteroatoms. The van der Waals surface area contributed by atoms with E-state index < -0.39 is 31.0 Å². The molecular weight excluding hydrogens is 664 g/mol. The Balaban J connectivity index is 4.34. The lowest BCUT2D eigenvalue weighted by Crippen LogP contribution is -2.42. The summed E-state index contributed by atoms with van der Waals surface area (Å²) in [5.74, 6) is -2.34. The molecule has 0 fully saturated rings. The summed E-state index contributed by atoms with van der Waals surface area (Å²) in [5.41, 5.74) is -0.591. The molecule has 0 radical (unpaired) electrons. The molecule has 0 aliphatic carbocycles. The van der Waals surface area contributed by atoms with Crippen molar-refractivity contribution in [3.05, 3.63) is 0 Å². The van der Waals surface area contributed by atoms with Gasteiger partial charge in [-0.05, 0) is 63.7 Å². The number of ether oxygens (including phenoxy) is 4. The lowest BCUT2D eigenvalue weighted by Gasteiger charge is -2.34. The molecule has 0 saturated carbocycles. The third-order valence-electron chi connectivity index (χ3n) is 3.75. The van der Waals surface area contributed by atoms with E-state index in [1.165, 1.54) is 0 Å². The zero-order valence-corrected chi connectivity index (χ0v) is 24.2. The molecule has 0 aromatic heterocycles. The van der Waals surface area contributed by atoms with Crippen molar-refractivity contribution in [2.45, 2.75) is 60.6 Å². The monoisotopic (exact) mass is 690 g/mol. The number of carbonyl (C=O) groups is 2. The van der Waals surface area contributed by atoms with Crippen LogP contribution in [0.4, 0.5) is 0 Å². The van der Waals surface area contributed by atoms with Crippen molar-refractivity contribution in [3.8, 4) is 0 Å². The molecule has 0 aliphatic rings. The maximum atomic E-state index is 11.8. The molecule has 178 valence electrons. The van der Waals surface area contributed by atoms with Gasteiger partial charge in [0.15, 0.2) is 19.0 Å². The summed E-state index contributed by atoms with van der Waals surface area (Å²) >= 11 is 13.5. The number of aliphatic hydroxyl groups is 2. The van der Waals surface area contributed by atoms with Crippen molar-refractivity contribution < 1.29 is 38.7 Å². The molecular formula is C18H30Br4O8. The Morgan fingerprint density at radius 1 is 0.667 bits per heavy atom. The molecule has 2 unspecified atom stereocenters. The first-order valence-corrected chi connectivity index (χ1v) is 12.2. The van der Waals surface area contributed by atoms with Crippen LogP contribution in [0.2, 0.25) is 0 Å². The van der Waals surface area contributed by atoms with Gasteiger partial charge in [0.1, 0.15) is 13.2 Å². The SMILES string of the molecule is CC(C)(C)C(Br)(Br)OCCOC(=O)C(O)C(O)C(=O)OCCOC(Br)(Br)C(C)(C)C. The number of halogens is 4. The summed E-state index contributed by atoms with van der Waals surface area (Å²) in [6.45, 7) is 11.2. The summed E-state index contributed by atoms with van der Waals surface area (Å²) in [6, 6.07) is 0. The van der Waals surface area contributed by atoms with Crippen molar-refractivity contribution >= 4 is 75.7 Å². The van der Waals surface area contributed by atoms with E-state index in [1.807, 2.05) is 41.5 Å². The lowest BCUT2D eigenvalue weighted by molar-refractivity contribution is -0.175. The van der Waals surface area contributed by atoms with Gasteiger partial charge >= 0.3 is 11.9 Å². The van der Waals surface area contributed by atoms with E-state index in [0.29, 0.717) is 0 Å². The first-order valence-electron chi connectivity index (χ1n) is 9.06. The molecule has 0 aromatic carbocycles. The summed E-state index contributed by atoms with van der Waals surface area (Å²) in [6.07, 6.45) is -4.17. The van der Waals surface area contributed by atoms with Crippen LogP contribution in [-0.2, 0) is 28.5 Å². The number of carbonyl (C=O) groups excluding carboxylic acids is 2. The topological polar surface area (TPSA) is 112 Å². The van der Waals surface area contributed by atoms with Crippen LogP contribution in [0.15, 0.2) is 0 Å². The third kappa shape index (κ3) is 10.1. The van der Waals surface area contributed by atoms with E-state index in [2.05, 4.69) is 63.7 Å². The Bertz CT molecular complexity index is 520. The molecule has 0 aliphatic heterocycles. The van der Waals surface area contributed by atoms with E-state index in [1.54, 1.807) is 0 Å². The van der Waals surface area contributed by atoms with Crippen LogP contribution < -0.4 is 0 Å². The average Bonchev–Trinajstić information content (AvgIpc) is 2.58. The van der Waals surface area contributed by atoms with E-state index in [-0.39, 0.29) is 37.3 Å². The first kappa shape index (κ1) is 30.7. The molecule has 2 atom stereocenters. The Morgan fingerprint density at radius 2 is 0.933 bits per heavy atom. The largest absolute Gasteiger partial charge is 0.461 e. The number of aliphatic hydroxyl groups excluding tert-OH is 2. The second-order valence-corrected chi connectivity index (χ2v) is 15.1. The summed E-state index contributed by atoms with van der Waals surface area (Å²) in [7, 11) is 0. The second-order valence-electron chi connectivity index (χ2n) is 8.46. The van der Waals surface area contributed by atoms with Crippen LogP contribution in [0, 0.1) is 10.8 Å². The van der Waals surface area contributed by atoms with E-state index in [9.17, 15) is 19.8 Å². The summed E-state index contributed by atoms with van der Waals surface area (Å²) in [5, 5.41) is 19.6. The smallest absolute Gasteiger partial charge is 0.338 e. The highest BCUT2D eigenvalue weighted by Gasteiger charge is 2.39. The van der Waals surface area contributed by atoms with Crippen LogP contribution in [0.3, 0.4) is 0 Å². The molecule has 0 aromatic rings. The number of hydrogen-bond donors (Lipinski definition) is 2. The van der Waals surface area contributed by atoms with Crippen LogP contribution in [0.5, 0.6) is 0 Å². The second kappa shape index (κ2) is 12.2. The van der Waals surface area contributed by atoms with Crippen molar-refractivity contribution in [2.75, 3.05) is 26.4 Å². The molecule has 0 heterocycles. The maximum absolute atomic E-state index is 11.8. The molecule has 8 nitrogen and oxygen atoms in total. The Hall–Kier alpha value is 0.700. The minimum Gasteiger partial charge on any atom is -0.461 e. The van der Waals surface area contributed by atoms with Gasteiger partial charge < -0.3 is 29.2 Å². The van der Waals surface area contributed by atoms with Gasteiger partial charge in [-0.3, -0.25) is 0 Å². The van der Waals surface area contributed by atoms with Crippen molar-refractivity contribution in [1.82, 2.24) is 0 Å². The molecule has 0 saturated heterocycles. The van der Waals surface area contributed by atoms with Crippen LogP contribution in [0.25, 0.3) is 0 Å². The Labute approximate surface area is 211 Å². The lowest BCUT2D eigenvalue weighted by atomic mass is 9.98. The van der Waals surface area contributed by atoms with E-state index >= 15 is 0 Å². The predicted molar refractivity (Wildman–Crippen MR) is 126 cm³/mol. The molecule has 2 N–H and O–H groups in total. The fourth-order valence-corrected chi connectivity index (χ4v) is 2.13. The average molecular weight is 694 g/mol. The minimum absolute atomic E-state index is 0.0126. The number of alkyl halides is 4. The maximum Gasteiger partial charge on any atom is 0.338 e. The van der Waals surface area contributed by atoms with Gasteiger partial charge in [-0.1, -0.05) is 41.5 Å². The Morgan fingerprint density at radius 3 is 1.17 bits per heavy atom. The highest BCUT2D eigenvalue weighted by molar-refractivity contribution is 9.25. The van der Waals surface area contributed by atoms with Crippen molar-refractivity contribution in [3.63, 3.8) is 0 Å². The van der Waals surface area contributed by atoms with Gasteiger partial charge in [-0.25, -0.2) is 9.59 Å². The van der Waals surface area contributed by atoms with E-state index in [0.717, 1.165) is 0 Å². The molecule has 30 heavy (non-hydrogen) atoms. The van der Waals surface area contributed by atoms with Gasteiger partial charge in [0.2, 0.25) is 0 Å². The zero-order valence-electron chi connectivity index (χ0n) is 17.8. The van der Waals surface area contributed by atoms with Gasteiger partial charge in [0.05, 0.1) is 13.2 Å². The predicted octanol–water partition coefficient (Wildman–Crippen LogP) is 3.81. The highest BCUT2D eigenvalue weighted by Crippen LogP contribution is 2.45. The standard InChI is InChI=1S/C18H30Br4O8/c1-15(2,3)17(19,20)29-9-7-27-13(25)11(23)12(24)14(26)28-8-10-30-18(21,22)16(4,5)6/h11-12,23-24H,7-10H2,1-6H3. The summed E-state index contributed by atoms with van der Waals surface area (Å²) in [4.78, 5) is 23.7. The van der Waals surface area contributed by atoms with Crippen molar-refractivity contribution in [1.29, 1.82) is 0 Å². The molecule has 0 spiro atoms. The van der Waals surface area contributed by atoms with Gasteiger partial charge in [-0.15, -0.1) is 0 Å². The molecule has 0 amide bonds. The van der Waals surface area contributed by atoms with Crippen LogP contribution in [0.1, 0.15) is 41.5 Å². The van der Waals surface area contributed by atoms with Crippen LogP contribution >= 0.6 is 63.7 Å². The molecule has 0 rings (SSSR count). The first-order chi connectivity index (χ1) is 13.3. The summed E-state index contributed by atoms with van der Waals surface area (Å²) < 4.78 is 19.1. The normalized spacial score (nSPS) is 15.5. The van der Waals surface area contributed by atoms with Crippen molar-refractivity contribution in [2.24, 2.45) is 10.8 Å². The Kier molecular flexibility index (Phi) is 12.5. The number of hydrogen-bond acceptors (Lipinski definition) is 8. The highest BCUT2D eigenvalue weighted by atomic mass is 79.9. The van der Waals surface area contributed by atoms with Crippen LogP contribution in [-0.4, -0.2) is 67.6 Å². The quantitative estimate of drug-likeness (QED) is 0.191. The molecule has 0 bridgehead atoms. The number of rotatable bonds is 11. The fourth-order valence-electron chi connectivity index (χ4n) is 1.49. The van der Waals surface area contributed by atoms with Gasteiger partial charge in [-0.2, -0.15) is 0 Å². The fraction of sp³-hybridized carbons (Fsp3) is 0.889. The third-order valence-corrected chi connectivity index (χ3v) is 9.42. The van der Waals surface area contributed by atoms with Gasteiger partial charge in [0, 0.05) is 10.8 Å².